The molecule has 19 heavy (non-hydrogen) atoms. The van der Waals surface area contributed by atoms with Crippen LogP contribution in [0.2, 0.25) is 0 Å². The molecular weight excluding hydrogens is 244 g/mol. The predicted molar refractivity (Wildman–Crippen MR) is 73.0 cm³/mol. The van der Waals surface area contributed by atoms with Crippen LogP contribution in [0, 0.1) is 6.92 Å². The summed E-state index contributed by atoms with van der Waals surface area (Å²) in [4.78, 5) is 18.6. The van der Waals surface area contributed by atoms with Crippen LogP contribution in [0.5, 0.6) is 5.88 Å². The maximum atomic E-state index is 5.03. The summed E-state index contributed by atoms with van der Waals surface area (Å²) in [5.74, 6) is 2.41. The fourth-order valence-corrected chi connectivity index (χ4v) is 1.58. The molecule has 0 aliphatic rings. The van der Waals surface area contributed by atoms with Crippen molar-refractivity contribution in [3.05, 3.63) is 24.2 Å². The zero-order chi connectivity index (χ0) is 13.8. The van der Waals surface area contributed by atoms with Gasteiger partial charge in [0.2, 0.25) is 11.8 Å². The Balaban J connectivity index is 2.25. The highest BCUT2D eigenvalue weighted by Crippen LogP contribution is 2.18. The van der Waals surface area contributed by atoms with E-state index >= 15 is 0 Å². The van der Waals surface area contributed by atoms with Crippen molar-refractivity contribution in [3.8, 4) is 5.88 Å². The number of aryl methyl sites for hydroxylation is 1. The molecular formula is C12H16N6O. The van der Waals surface area contributed by atoms with Gasteiger partial charge in [-0.15, -0.1) is 0 Å². The van der Waals surface area contributed by atoms with Crippen LogP contribution in [0.15, 0.2) is 18.6 Å². The van der Waals surface area contributed by atoms with Gasteiger partial charge in [0.15, 0.2) is 0 Å². The molecule has 0 unspecified atom stereocenters. The Morgan fingerprint density at radius 3 is 2.68 bits per heavy atom. The van der Waals surface area contributed by atoms with E-state index in [4.69, 9.17) is 4.74 Å². The maximum Gasteiger partial charge on any atom is 0.230 e. The van der Waals surface area contributed by atoms with E-state index in [1.807, 2.05) is 25.9 Å². The second-order valence-electron chi connectivity index (χ2n) is 4.17. The standard InChI is InChI=1S/C12H16N6O/c1-8-6-13-12(17-11(8)18(2)3)16-9-5-10(19-4)15-7-14-9/h5-7H,1-4H3,(H,13,14,15,16,17). The number of nitrogens with one attached hydrogen (secondary N) is 1. The van der Waals surface area contributed by atoms with E-state index in [1.54, 1.807) is 19.4 Å². The molecule has 0 saturated carbocycles. The average molecular weight is 260 g/mol. The van der Waals surface area contributed by atoms with Crippen LogP contribution in [0.1, 0.15) is 5.56 Å². The van der Waals surface area contributed by atoms with Crippen LogP contribution >= 0.6 is 0 Å². The zero-order valence-electron chi connectivity index (χ0n) is 11.4. The van der Waals surface area contributed by atoms with Crippen molar-refractivity contribution < 1.29 is 4.74 Å². The molecule has 0 aliphatic heterocycles. The summed E-state index contributed by atoms with van der Waals surface area (Å²) in [7, 11) is 5.43. The quantitative estimate of drug-likeness (QED) is 0.890. The molecule has 0 bridgehead atoms. The lowest BCUT2D eigenvalue weighted by atomic mass is 10.3. The first-order valence-corrected chi connectivity index (χ1v) is 5.74. The van der Waals surface area contributed by atoms with Crippen LogP contribution in [0.4, 0.5) is 17.6 Å². The van der Waals surface area contributed by atoms with Gasteiger partial charge in [0.05, 0.1) is 7.11 Å². The summed E-state index contributed by atoms with van der Waals surface area (Å²) in [6.07, 6.45) is 3.19. The Hall–Kier alpha value is -2.44. The van der Waals surface area contributed by atoms with Gasteiger partial charge in [-0.2, -0.15) is 4.98 Å². The van der Waals surface area contributed by atoms with Crippen molar-refractivity contribution in [3.63, 3.8) is 0 Å². The SMILES string of the molecule is COc1cc(Nc2ncc(C)c(N(C)C)n2)ncn1. The number of hydrogen-bond donors (Lipinski definition) is 1. The Labute approximate surface area is 111 Å². The van der Waals surface area contributed by atoms with Gasteiger partial charge in [-0.25, -0.2) is 15.0 Å². The molecule has 0 amide bonds. The minimum absolute atomic E-state index is 0.482. The van der Waals surface area contributed by atoms with Gasteiger partial charge in [-0.1, -0.05) is 0 Å². The predicted octanol–water partition coefficient (Wildman–Crippen LogP) is 1.39. The van der Waals surface area contributed by atoms with Crippen molar-refractivity contribution >= 4 is 17.6 Å². The molecule has 2 rings (SSSR count). The number of anilines is 3. The van der Waals surface area contributed by atoms with Crippen LogP contribution in [0.25, 0.3) is 0 Å². The molecule has 7 heteroatoms. The van der Waals surface area contributed by atoms with Crippen molar-refractivity contribution in [2.75, 3.05) is 31.4 Å². The fraction of sp³-hybridized carbons (Fsp3) is 0.333. The fourth-order valence-electron chi connectivity index (χ4n) is 1.58. The van der Waals surface area contributed by atoms with E-state index in [9.17, 15) is 0 Å². The number of hydrogen-bond acceptors (Lipinski definition) is 7. The van der Waals surface area contributed by atoms with Gasteiger partial charge < -0.3 is 15.0 Å². The van der Waals surface area contributed by atoms with E-state index in [2.05, 4.69) is 25.3 Å². The highest BCUT2D eigenvalue weighted by molar-refractivity contribution is 5.53. The Kier molecular flexibility index (Phi) is 3.74. The van der Waals surface area contributed by atoms with Crippen LogP contribution < -0.4 is 15.0 Å². The van der Waals surface area contributed by atoms with Crippen molar-refractivity contribution in [1.82, 2.24) is 19.9 Å². The van der Waals surface area contributed by atoms with Gasteiger partial charge in [0.25, 0.3) is 0 Å². The van der Waals surface area contributed by atoms with Gasteiger partial charge in [-0.05, 0) is 6.92 Å². The number of aromatic nitrogens is 4. The summed E-state index contributed by atoms with van der Waals surface area (Å²) in [5, 5.41) is 3.02. The first kappa shape index (κ1) is 13.0. The number of rotatable bonds is 4. The first-order chi connectivity index (χ1) is 9.10. The molecule has 0 spiro atoms. The Morgan fingerprint density at radius 1 is 1.21 bits per heavy atom. The summed E-state index contributed by atoms with van der Waals surface area (Å²) in [6, 6.07) is 1.68. The summed E-state index contributed by atoms with van der Waals surface area (Å²) < 4.78 is 5.03. The lowest BCUT2D eigenvalue weighted by Gasteiger charge is -2.15. The lowest BCUT2D eigenvalue weighted by molar-refractivity contribution is 0.397. The molecule has 0 atom stereocenters. The van der Waals surface area contributed by atoms with Crippen LogP contribution in [-0.2, 0) is 0 Å². The minimum Gasteiger partial charge on any atom is -0.481 e. The summed E-state index contributed by atoms with van der Waals surface area (Å²) in [5.41, 5.74) is 1.01. The lowest BCUT2D eigenvalue weighted by Crippen LogP contribution is -2.14. The Bertz CT molecular complexity index is 572. The molecule has 0 fully saturated rings. The molecule has 100 valence electrons. The molecule has 7 nitrogen and oxygen atoms in total. The minimum atomic E-state index is 0.482. The Morgan fingerprint density at radius 2 is 2.00 bits per heavy atom. The normalized spacial score (nSPS) is 10.1. The van der Waals surface area contributed by atoms with Gasteiger partial charge in [0, 0.05) is 31.9 Å². The highest BCUT2D eigenvalue weighted by atomic mass is 16.5. The van der Waals surface area contributed by atoms with Crippen molar-refractivity contribution in [1.29, 1.82) is 0 Å². The number of methoxy groups -OCH3 is 1. The molecule has 0 aliphatic carbocycles. The molecule has 1 N–H and O–H groups in total. The molecule has 2 heterocycles. The molecule has 0 saturated heterocycles. The third kappa shape index (κ3) is 3.06. The molecule has 2 aromatic rings. The molecule has 2 aromatic heterocycles. The molecule has 0 aromatic carbocycles. The largest absolute Gasteiger partial charge is 0.481 e. The third-order valence-corrected chi connectivity index (χ3v) is 2.46. The van der Waals surface area contributed by atoms with Gasteiger partial charge in [-0.3, -0.25) is 0 Å². The van der Waals surface area contributed by atoms with Gasteiger partial charge >= 0.3 is 0 Å². The van der Waals surface area contributed by atoms with E-state index < -0.39 is 0 Å². The van der Waals surface area contributed by atoms with Crippen LogP contribution in [-0.4, -0.2) is 41.1 Å². The second kappa shape index (κ2) is 5.47. The van der Waals surface area contributed by atoms with Crippen LogP contribution in [0.3, 0.4) is 0 Å². The maximum absolute atomic E-state index is 5.03. The van der Waals surface area contributed by atoms with Gasteiger partial charge in [0.1, 0.15) is 18.0 Å². The van der Waals surface area contributed by atoms with E-state index in [1.165, 1.54) is 6.33 Å². The topological polar surface area (TPSA) is 76.1 Å². The monoisotopic (exact) mass is 260 g/mol. The third-order valence-electron chi connectivity index (χ3n) is 2.46. The van der Waals surface area contributed by atoms with Crippen molar-refractivity contribution in [2.24, 2.45) is 0 Å². The zero-order valence-corrected chi connectivity index (χ0v) is 11.4. The van der Waals surface area contributed by atoms with E-state index in [-0.39, 0.29) is 0 Å². The highest BCUT2D eigenvalue weighted by Gasteiger charge is 2.07. The second-order valence-corrected chi connectivity index (χ2v) is 4.17. The molecule has 0 radical (unpaired) electrons. The number of nitrogens with zero attached hydrogens (tertiary/aromatic N) is 5. The average Bonchev–Trinajstić information content (AvgIpc) is 2.41. The summed E-state index contributed by atoms with van der Waals surface area (Å²) in [6.45, 7) is 1.97. The smallest absolute Gasteiger partial charge is 0.230 e. The summed E-state index contributed by atoms with van der Waals surface area (Å²) >= 11 is 0. The van der Waals surface area contributed by atoms with E-state index in [0.717, 1.165) is 11.4 Å². The number of ether oxygens (including phenoxy) is 1. The van der Waals surface area contributed by atoms with E-state index in [0.29, 0.717) is 17.6 Å². The van der Waals surface area contributed by atoms with Crippen molar-refractivity contribution in [2.45, 2.75) is 6.92 Å². The first-order valence-electron chi connectivity index (χ1n) is 5.74.